The third-order valence-electron chi connectivity index (χ3n) is 3.93. The quantitative estimate of drug-likeness (QED) is 0.867. The lowest BCUT2D eigenvalue weighted by atomic mass is 10.1. The molecule has 3 unspecified atom stereocenters. The van der Waals surface area contributed by atoms with Crippen LogP contribution in [-0.4, -0.2) is 44.8 Å². The number of morpholine rings is 1. The minimum absolute atomic E-state index is 0.00542. The number of ether oxygens (including phenoxy) is 1. The molecular weight excluding hydrogens is 280 g/mol. The Morgan fingerprint density at radius 3 is 2.77 bits per heavy atom. The van der Waals surface area contributed by atoms with Crippen LogP contribution in [0.4, 0.5) is 0 Å². The predicted octanol–water partition coefficient (Wildman–Crippen LogP) is 1.83. The molecular formula is C16H20N4O2. The summed E-state index contributed by atoms with van der Waals surface area (Å²) in [6.45, 7) is 5.00. The van der Waals surface area contributed by atoms with Gasteiger partial charge < -0.3 is 9.64 Å². The second-order valence-electron chi connectivity index (χ2n) is 5.64. The topological polar surface area (TPSA) is 60.2 Å². The molecule has 3 atom stereocenters. The fraction of sp³-hybridized carbons (Fsp3) is 0.438. The minimum Gasteiger partial charge on any atom is -0.367 e. The van der Waals surface area contributed by atoms with Crippen molar-refractivity contribution in [3.8, 4) is 0 Å². The van der Waals surface area contributed by atoms with E-state index in [1.54, 1.807) is 11.0 Å². The summed E-state index contributed by atoms with van der Waals surface area (Å²) in [5, 5.41) is 4.06. The molecule has 0 spiro atoms. The number of amides is 1. The smallest absolute Gasteiger partial charge is 0.247 e. The lowest BCUT2D eigenvalue weighted by Crippen LogP contribution is -2.48. The van der Waals surface area contributed by atoms with Crippen LogP contribution in [0.2, 0.25) is 0 Å². The average Bonchev–Trinajstić information content (AvgIpc) is 3.08. The van der Waals surface area contributed by atoms with E-state index in [9.17, 15) is 4.79 Å². The molecule has 1 amide bonds. The summed E-state index contributed by atoms with van der Waals surface area (Å²) in [6, 6.07) is 9.66. The first kappa shape index (κ1) is 14.7. The second kappa shape index (κ2) is 6.27. The van der Waals surface area contributed by atoms with Gasteiger partial charge in [-0.2, -0.15) is 5.10 Å². The highest BCUT2D eigenvalue weighted by Crippen LogP contribution is 2.26. The molecule has 1 fully saturated rings. The van der Waals surface area contributed by atoms with E-state index >= 15 is 0 Å². The molecule has 22 heavy (non-hydrogen) atoms. The van der Waals surface area contributed by atoms with Crippen molar-refractivity contribution in [2.45, 2.75) is 32.1 Å². The van der Waals surface area contributed by atoms with Crippen LogP contribution in [0, 0.1) is 0 Å². The number of benzene rings is 1. The molecule has 2 heterocycles. The maximum absolute atomic E-state index is 12.7. The average molecular weight is 300 g/mol. The summed E-state index contributed by atoms with van der Waals surface area (Å²) in [5.41, 5.74) is 1.10. The van der Waals surface area contributed by atoms with Crippen molar-refractivity contribution in [1.82, 2.24) is 19.7 Å². The zero-order valence-electron chi connectivity index (χ0n) is 12.8. The van der Waals surface area contributed by atoms with Gasteiger partial charge in [0.1, 0.15) is 24.8 Å². The molecule has 3 rings (SSSR count). The van der Waals surface area contributed by atoms with E-state index in [1.807, 2.05) is 49.1 Å². The highest BCUT2D eigenvalue weighted by molar-refractivity contribution is 5.80. The van der Waals surface area contributed by atoms with Gasteiger partial charge in [0.25, 0.3) is 0 Å². The second-order valence-corrected chi connectivity index (χ2v) is 5.64. The third kappa shape index (κ3) is 3.01. The number of carbonyl (C=O) groups excluding carboxylic acids is 1. The van der Waals surface area contributed by atoms with E-state index in [4.69, 9.17) is 4.74 Å². The fourth-order valence-corrected chi connectivity index (χ4v) is 2.78. The third-order valence-corrected chi connectivity index (χ3v) is 3.93. The van der Waals surface area contributed by atoms with E-state index in [2.05, 4.69) is 10.1 Å². The predicted molar refractivity (Wildman–Crippen MR) is 81.0 cm³/mol. The molecule has 1 aromatic carbocycles. The normalized spacial score (nSPS) is 23.3. The SMILES string of the molecule is CC1CN(C(=O)C(C)n2cncn2)CC(c2ccccc2)O1. The fourth-order valence-electron chi connectivity index (χ4n) is 2.78. The van der Waals surface area contributed by atoms with Crippen LogP contribution in [0.15, 0.2) is 43.0 Å². The molecule has 0 radical (unpaired) electrons. The summed E-state index contributed by atoms with van der Waals surface area (Å²) in [5.74, 6) is 0.0431. The van der Waals surface area contributed by atoms with Gasteiger partial charge in [0, 0.05) is 6.54 Å². The van der Waals surface area contributed by atoms with Gasteiger partial charge in [0.2, 0.25) is 5.91 Å². The first-order chi connectivity index (χ1) is 10.6. The Morgan fingerprint density at radius 2 is 2.09 bits per heavy atom. The first-order valence-electron chi connectivity index (χ1n) is 7.48. The van der Waals surface area contributed by atoms with Gasteiger partial charge in [0.15, 0.2) is 0 Å². The highest BCUT2D eigenvalue weighted by Gasteiger charge is 2.32. The van der Waals surface area contributed by atoms with Gasteiger partial charge in [0.05, 0.1) is 12.6 Å². The molecule has 1 saturated heterocycles. The Balaban J connectivity index is 1.75. The lowest BCUT2D eigenvalue weighted by molar-refractivity contribution is -0.148. The molecule has 1 aliphatic heterocycles. The van der Waals surface area contributed by atoms with E-state index in [1.165, 1.54) is 6.33 Å². The van der Waals surface area contributed by atoms with E-state index in [0.717, 1.165) is 5.56 Å². The monoisotopic (exact) mass is 300 g/mol. The number of rotatable bonds is 3. The van der Waals surface area contributed by atoms with Crippen LogP contribution < -0.4 is 0 Å². The van der Waals surface area contributed by atoms with Crippen LogP contribution in [0.1, 0.15) is 31.6 Å². The molecule has 6 heteroatoms. The maximum Gasteiger partial charge on any atom is 0.247 e. The van der Waals surface area contributed by atoms with Crippen molar-refractivity contribution >= 4 is 5.91 Å². The first-order valence-corrected chi connectivity index (χ1v) is 7.48. The molecule has 0 aliphatic carbocycles. The lowest BCUT2D eigenvalue weighted by Gasteiger charge is -2.38. The number of nitrogens with zero attached hydrogens (tertiary/aromatic N) is 4. The van der Waals surface area contributed by atoms with Gasteiger partial charge in [-0.3, -0.25) is 4.79 Å². The molecule has 1 aliphatic rings. The summed E-state index contributed by atoms with van der Waals surface area (Å²) < 4.78 is 7.58. The van der Waals surface area contributed by atoms with Crippen LogP contribution in [0.3, 0.4) is 0 Å². The van der Waals surface area contributed by atoms with Gasteiger partial charge in [-0.25, -0.2) is 9.67 Å². The van der Waals surface area contributed by atoms with E-state index in [0.29, 0.717) is 13.1 Å². The number of carbonyl (C=O) groups is 1. The Bertz CT molecular complexity index is 614. The van der Waals surface area contributed by atoms with Crippen molar-refractivity contribution < 1.29 is 9.53 Å². The zero-order chi connectivity index (χ0) is 15.5. The van der Waals surface area contributed by atoms with Crippen molar-refractivity contribution in [1.29, 1.82) is 0 Å². The van der Waals surface area contributed by atoms with E-state index in [-0.39, 0.29) is 24.2 Å². The van der Waals surface area contributed by atoms with Crippen molar-refractivity contribution in [3.63, 3.8) is 0 Å². The minimum atomic E-state index is -0.357. The van der Waals surface area contributed by atoms with Gasteiger partial charge >= 0.3 is 0 Å². The highest BCUT2D eigenvalue weighted by atomic mass is 16.5. The Hall–Kier alpha value is -2.21. The Labute approximate surface area is 129 Å². The maximum atomic E-state index is 12.7. The van der Waals surface area contributed by atoms with Crippen LogP contribution in [0.25, 0.3) is 0 Å². The summed E-state index contributed by atoms with van der Waals surface area (Å²) in [7, 11) is 0. The Kier molecular flexibility index (Phi) is 4.20. The Morgan fingerprint density at radius 1 is 1.32 bits per heavy atom. The van der Waals surface area contributed by atoms with Gasteiger partial charge in [-0.15, -0.1) is 0 Å². The van der Waals surface area contributed by atoms with Crippen molar-refractivity contribution in [2.24, 2.45) is 0 Å². The van der Waals surface area contributed by atoms with Crippen molar-refractivity contribution in [2.75, 3.05) is 13.1 Å². The molecule has 0 saturated carbocycles. The van der Waals surface area contributed by atoms with Crippen molar-refractivity contribution in [3.05, 3.63) is 48.5 Å². The number of hydrogen-bond acceptors (Lipinski definition) is 4. The summed E-state index contributed by atoms with van der Waals surface area (Å²) in [4.78, 5) is 18.5. The molecule has 116 valence electrons. The standard InChI is InChI=1S/C16H20N4O2/c1-12-8-19(16(21)13(2)20-11-17-10-18-20)9-15(22-12)14-6-4-3-5-7-14/h3-7,10-13,15H,8-9H2,1-2H3. The van der Waals surface area contributed by atoms with E-state index < -0.39 is 0 Å². The van der Waals surface area contributed by atoms with Crippen LogP contribution in [0.5, 0.6) is 0 Å². The summed E-state index contributed by atoms with van der Waals surface area (Å²) >= 11 is 0. The molecule has 0 bridgehead atoms. The van der Waals surface area contributed by atoms with Gasteiger partial charge in [-0.05, 0) is 19.4 Å². The molecule has 6 nitrogen and oxygen atoms in total. The summed E-state index contributed by atoms with van der Waals surface area (Å²) in [6.07, 6.45) is 2.93. The molecule has 0 N–H and O–H groups in total. The molecule has 1 aromatic heterocycles. The van der Waals surface area contributed by atoms with Crippen LogP contribution >= 0.6 is 0 Å². The molecule has 2 aromatic rings. The number of aromatic nitrogens is 3. The zero-order valence-corrected chi connectivity index (χ0v) is 12.8. The number of hydrogen-bond donors (Lipinski definition) is 0. The van der Waals surface area contributed by atoms with Gasteiger partial charge in [-0.1, -0.05) is 30.3 Å². The largest absolute Gasteiger partial charge is 0.367 e. The van der Waals surface area contributed by atoms with Crippen LogP contribution in [-0.2, 0) is 9.53 Å².